The van der Waals surface area contributed by atoms with Crippen LogP contribution in [0.25, 0.3) is 0 Å². The van der Waals surface area contributed by atoms with Crippen molar-refractivity contribution in [2.24, 2.45) is 5.92 Å². The number of hydrogen-bond donors (Lipinski definition) is 1. The third-order valence-corrected chi connectivity index (χ3v) is 3.69. The second-order valence-corrected chi connectivity index (χ2v) is 5.37. The maximum absolute atomic E-state index is 11.0. The molecule has 0 saturated carbocycles. The van der Waals surface area contributed by atoms with Gasteiger partial charge in [-0.15, -0.1) is 0 Å². The highest BCUT2D eigenvalue weighted by Crippen LogP contribution is 2.29. The van der Waals surface area contributed by atoms with Gasteiger partial charge in [0, 0.05) is 19.2 Å². The molecule has 1 saturated heterocycles. The quantitative estimate of drug-likeness (QED) is 0.660. The van der Waals surface area contributed by atoms with Crippen LogP contribution in [0.4, 0.5) is 17.1 Å². The molecule has 0 aromatic heterocycles. The number of nitrogens with zero attached hydrogens (tertiary/aromatic N) is 3. The lowest BCUT2D eigenvalue weighted by molar-refractivity contribution is -0.393. The molecule has 8 heteroatoms. The summed E-state index contributed by atoms with van der Waals surface area (Å²) in [5.41, 5.74) is -0.197. The number of nitro groups is 2. The molecule has 1 heterocycles. The molecule has 1 aromatic rings. The average molecular weight is 294 g/mol. The van der Waals surface area contributed by atoms with Crippen molar-refractivity contribution in [3.05, 3.63) is 38.4 Å². The van der Waals surface area contributed by atoms with E-state index in [0.29, 0.717) is 18.2 Å². The molecule has 0 bridgehead atoms. The Morgan fingerprint density at radius 1 is 1.33 bits per heavy atom. The third-order valence-electron chi connectivity index (χ3n) is 3.69. The minimum Gasteiger partial charge on any atom is -0.379 e. The van der Waals surface area contributed by atoms with Crippen LogP contribution in [0.15, 0.2) is 18.2 Å². The summed E-state index contributed by atoms with van der Waals surface area (Å²) in [7, 11) is 2.06. The van der Waals surface area contributed by atoms with Gasteiger partial charge < -0.3 is 10.2 Å². The first-order valence-corrected chi connectivity index (χ1v) is 6.82. The SMILES string of the molecule is CN1CCCC(CNc2ccc([N+](=O)[O-])cc2[N+](=O)[O-])C1. The molecule has 0 aliphatic carbocycles. The summed E-state index contributed by atoms with van der Waals surface area (Å²) < 4.78 is 0. The zero-order valence-corrected chi connectivity index (χ0v) is 11.8. The molecular formula is C13H18N4O4. The molecular weight excluding hydrogens is 276 g/mol. The molecule has 21 heavy (non-hydrogen) atoms. The monoisotopic (exact) mass is 294 g/mol. The Balaban J connectivity index is 2.08. The molecule has 1 aliphatic rings. The van der Waals surface area contributed by atoms with Gasteiger partial charge in [0.05, 0.1) is 15.9 Å². The average Bonchev–Trinajstić information content (AvgIpc) is 2.44. The zero-order valence-electron chi connectivity index (χ0n) is 11.8. The predicted molar refractivity (Wildman–Crippen MR) is 78.5 cm³/mol. The van der Waals surface area contributed by atoms with Crippen molar-refractivity contribution in [3.8, 4) is 0 Å². The Bertz CT molecular complexity index is 549. The van der Waals surface area contributed by atoms with E-state index in [1.807, 2.05) is 0 Å². The summed E-state index contributed by atoms with van der Waals surface area (Å²) in [6.45, 7) is 2.66. The molecule has 1 aromatic carbocycles. The number of nitro benzene ring substituents is 2. The minimum absolute atomic E-state index is 0.256. The summed E-state index contributed by atoms with van der Waals surface area (Å²) in [4.78, 5) is 22.7. The van der Waals surface area contributed by atoms with Crippen molar-refractivity contribution in [1.29, 1.82) is 0 Å². The zero-order chi connectivity index (χ0) is 15.4. The maximum atomic E-state index is 11.0. The van der Waals surface area contributed by atoms with Gasteiger partial charge >= 0.3 is 0 Å². The molecule has 1 N–H and O–H groups in total. The van der Waals surface area contributed by atoms with Crippen molar-refractivity contribution in [3.63, 3.8) is 0 Å². The molecule has 114 valence electrons. The van der Waals surface area contributed by atoms with Gasteiger partial charge in [-0.05, 0) is 38.4 Å². The standard InChI is InChI=1S/C13H18N4O4/c1-15-6-2-3-10(9-15)8-14-12-5-4-11(16(18)19)7-13(12)17(20)21/h4-5,7,10,14H,2-3,6,8-9H2,1H3. The smallest absolute Gasteiger partial charge is 0.299 e. The predicted octanol–water partition coefficient (Wildman–Crippen LogP) is 2.26. The van der Waals surface area contributed by atoms with E-state index < -0.39 is 9.85 Å². The first kappa shape index (κ1) is 15.2. The van der Waals surface area contributed by atoms with E-state index in [0.717, 1.165) is 32.0 Å². The van der Waals surface area contributed by atoms with Crippen LogP contribution in [0.3, 0.4) is 0 Å². The fourth-order valence-corrected chi connectivity index (χ4v) is 2.63. The number of anilines is 1. The highest BCUT2D eigenvalue weighted by Gasteiger charge is 2.21. The number of rotatable bonds is 5. The van der Waals surface area contributed by atoms with Gasteiger partial charge in [-0.3, -0.25) is 20.2 Å². The topological polar surface area (TPSA) is 102 Å². The highest BCUT2D eigenvalue weighted by molar-refractivity contribution is 5.65. The largest absolute Gasteiger partial charge is 0.379 e. The Kier molecular flexibility index (Phi) is 4.69. The lowest BCUT2D eigenvalue weighted by atomic mass is 9.98. The van der Waals surface area contributed by atoms with Gasteiger partial charge in [-0.25, -0.2) is 0 Å². The molecule has 0 radical (unpaired) electrons. The van der Waals surface area contributed by atoms with Crippen LogP contribution in [-0.4, -0.2) is 41.4 Å². The lowest BCUT2D eigenvalue weighted by Crippen LogP contribution is -2.35. The Morgan fingerprint density at radius 2 is 2.10 bits per heavy atom. The van der Waals surface area contributed by atoms with Crippen LogP contribution in [-0.2, 0) is 0 Å². The van der Waals surface area contributed by atoms with Crippen LogP contribution in [0.5, 0.6) is 0 Å². The van der Waals surface area contributed by atoms with Gasteiger partial charge in [0.2, 0.25) is 0 Å². The van der Waals surface area contributed by atoms with E-state index in [9.17, 15) is 20.2 Å². The van der Waals surface area contributed by atoms with Gasteiger partial charge in [0.25, 0.3) is 11.4 Å². The Labute approximate surface area is 122 Å². The van der Waals surface area contributed by atoms with Crippen LogP contribution in [0.1, 0.15) is 12.8 Å². The second kappa shape index (κ2) is 6.49. The molecule has 1 aliphatic heterocycles. The second-order valence-electron chi connectivity index (χ2n) is 5.37. The van der Waals surface area contributed by atoms with Crippen LogP contribution < -0.4 is 5.32 Å². The minimum atomic E-state index is -0.632. The van der Waals surface area contributed by atoms with Gasteiger partial charge in [-0.1, -0.05) is 0 Å². The number of non-ortho nitro benzene ring substituents is 1. The first-order valence-electron chi connectivity index (χ1n) is 6.82. The summed E-state index contributed by atoms with van der Waals surface area (Å²) >= 11 is 0. The third kappa shape index (κ3) is 3.88. The van der Waals surface area contributed by atoms with Crippen molar-refractivity contribution in [2.45, 2.75) is 12.8 Å². The van der Waals surface area contributed by atoms with Gasteiger partial charge in [0.1, 0.15) is 5.69 Å². The van der Waals surface area contributed by atoms with Gasteiger partial charge in [0.15, 0.2) is 0 Å². The number of hydrogen-bond acceptors (Lipinski definition) is 6. The maximum Gasteiger partial charge on any atom is 0.299 e. The molecule has 1 unspecified atom stereocenters. The Morgan fingerprint density at radius 3 is 2.71 bits per heavy atom. The fraction of sp³-hybridized carbons (Fsp3) is 0.538. The van der Waals surface area contributed by atoms with E-state index >= 15 is 0 Å². The normalized spacial score (nSPS) is 19.2. The molecule has 1 atom stereocenters. The first-order chi connectivity index (χ1) is 9.97. The number of nitrogens with one attached hydrogen (secondary N) is 1. The Hall–Kier alpha value is -2.22. The van der Waals surface area contributed by atoms with E-state index in [4.69, 9.17) is 0 Å². The molecule has 1 fully saturated rings. The number of piperidine rings is 1. The van der Waals surface area contributed by atoms with E-state index in [1.165, 1.54) is 12.1 Å². The van der Waals surface area contributed by atoms with Crippen LogP contribution in [0.2, 0.25) is 0 Å². The van der Waals surface area contributed by atoms with Gasteiger partial charge in [-0.2, -0.15) is 0 Å². The van der Waals surface area contributed by atoms with E-state index in [1.54, 1.807) is 0 Å². The summed E-state index contributed by atoms with van der Waals surface area (Å²) in [6.07, 6.45) is 2.20. The molecule has 0 amide bonds. The number of likely N-dealkylation sites (tertiary alicyclic amines) is 1. The summed E-state index contributed by atoms with van der Waals surface area (Å²) in [5, 5.41) is 24.8. The van der Waals surface area contributed by atoms with Crippen LogP contribution >= 0.6 is 0 Å². The molecule has 0 spiro atoms. The van der Waals surface area contributed by atoms with Crippen LogP contribution in [0, 0.1) is 26.1 Å². The van der Waals surface area contributed by atoms with Crippen molar-refractivity contribution in [1.82, 2.24) is 4.90 Å². The van der Waals surface area contributed by atoms with Crippen molar-refractivity contribution >= 4 is 17.1 Å². The summed E-state index contributed by atoms with van der Waals surface area (Å²) in [5.74, 6) is 0.429. The van der Waals surface area contributed by atoms with Crippen molar-refractivity contribution in [2.75, 3.05) is 32.0 Å². The van der Waals surface area contributed by atoms with E-state index in [-0.39, 0.29) is 11.4 Å². The molecule has 2 rings (SSSR count). The molecule has 8 nitrogen and oxygen atoms in total. The number of benzene rings is 1. The van der Waals surface area contributed by atoms with Crippen molar-refractivity contribution < 1.29 is 9.85 Å². The summed E-state index contributed by atoms with van der Waals surface area (Å²) in [6, 6.07) is 3.68. The lowest BCUT2D eigenvalue weighted by Gasteiger charge is -2.29. The highest BCUT2D eigenvalue weighted by atomic mass is 16.6. The van der Waals surface area contributed by atoms with E-state index in [2.05, 4.69) is 17.3 Å². The fourth-order valence-electron chi connectivity index (χ4n) is 2.63.